The topological polar surface area (TPSA) is 39.7 Å². The van der Waals surface area contributed by atoms with Gasteiger partial charge in [0.1, 0.15) is 0 Å². The van der Waals surface area contributed by atoms with E-state index in [1.807, 2.05) is 7.05 Å². The Kier molecular flexibility index (Phi) is 10.9. The van der Waals surface area contributed by atoms with Crippen LogP contribution in [0, 0.1) is 11.8 Å². The van der Waals surface area contributed by atoms with Crippen molar-refractivity contribution in [2.45, 2.75) is 44.8 Å². The summed E-state index contributed by atoms with van der Waals surface area (Å²) < 4.78 is 0. The monoisotopic (exact) mass is 454 g/mol. The molecule has 0 aromatic heterocycles. The first-order valence-electron chi connectivity index (χ1n) is 8.96. The highest BCUT2D eigenvalue weighted by Gasteiger charge is 2.21. The van der Waals surface area contributed by atoms with E-state index in [2.05, 4.69) is 46.1 Å². The molecule has 2 aliphatic heterocycles. The molecule has 0 aliphatic carbocycles. The van der Waals surface area contributed by atoms with Crippen LogP contribution in [0.15, 0.2) is 4.99 Å². The van der Waals surface area contributed by atoms with Gasteiger partial charge in [0.25, 0.3) is 0 Å². The summed E-state index contributed by atoms with van der Waals surface area (Å²) in [6, 6.07) is 0. The van der Waals surface area contributed by atoms with Gasteiger partial charge in [0.2, 0.25) is 0 Å². The average Bonchev–Trinajstić information content (AvgIpc) is 2.99. The molecule has 2 fully saturated rings. The van der Waals surface area contributed by atoms with Gasteiger partial charge >= 0.3 is 0 Å². The smallest absolute Gasteiger partial charge is 0.191 e. The average molecular weight is 454 g/mol. The van der Waals surface area contributed by atoms with Crippen molar-refractivity contribution in [1.82, 2.24) is 15.5 Å². The van der Waals surface area contributed by atoms with Crippen LogP contribution in [-0.4, -0.2) is 61.6 Å². The summed E-state index contributed by atoms with van der Waals surface area (Å²) in [6.07, 6.45) is 5.30. The number of guanidine groups is 1. The highest BCUT2D eigenvalue weighted by Crippen LogP contribution is 2.25. The number of aliphatic imine (C=N–C) groups is 1. The number of nitrogens with zero attached hydrogens (tertiary/aromatic N) is 2. The second-order valence-corrected chi connectivity index (χ2v) is 8.48. The van der Waals surface area contributed by atoms with Gasteiger partial charge in [0.15, 0.2) is 5.96 Å². The van der Waals surface area contributed by atoms with Crippen LogP contribution in [0.3, 0.4) is 0 Å². The minimum absolute atomic E-state index is 0. The minimum Gasteiger partial charge on any atom is -0.356 e. The number of hydrogen-bond donors (Lipinski definition) is 2. The van der Waals surface area contributed by atoms with Crippen LogP contribution in [0.4, 0.5) is 0 Å². The van der Waals surface area contributed by atoms with Crippen LogP contribution < -0.4 is 10.6 Å². The fourth-order valence-corrected chi connectivity index (χ4v) is 4.92. The highest BCUT2D eigenvalue weighted by molar-refractivity contribution is 14.0. The van der Waals surface area contributed by atoms with Crippen molar-refractivity contribution in [3.8, 4) is 0 Å². The molecule has 0 radical (unpaired) electrons. The number of rotatable bonds is 6. The summed E-state index contributed by atoms with van der Waals surface area (Å²) in [7, 11) is 1.87. The van der Waals surface area contributed by atoms with Crippen molar-refractivity contribution in [3.05, 3.63) is 0 Å². The Morgan fingerprint density at radius 1 is 1.22 bits per heavy atom. The van der Waals surface area contributed by atoms with Crippen molar-refractivity contribution >= 4 is 41.7 Å². The molecule has 3 unspecified atom stereocenters. The van der Waals surface area contributed by atoms with Crippen molar-refractivity contribution in [2.24, 2.45) is 16.8 Å². The second-order valence-electron chi connectivity index (χ2n) is 7.07. The quantitative estimate of drug-likeness (QED) is 0.280. The predicted octanol–water partition coefficient (Wildman–Crippen LogP) is 3.03. The van der Waals surface area contributed by atoms with Crippen molar-refractivity contribution in [3.63, 3.8) is 0 Å². The molecule has 0 bridgehead atoms. The summed E-state index contributed by atoms with van der Waals surface area (Å²) in [5.74, 6) is 4.00. The molecule has 0 saturated carbocycles. The third kappa shape index (κ3) is 8.29. The third-order valence-corrected chi connectivity index (χ3v) is 6.03. The molecule has 136 valence electrons. The van der Waals surface area contributed by atoms with Crippen LogP contribution in [0.2, 0.25) is 0 Å². The lowest BCUT2D eigenvalue weighted by molar-refractivity contribution is 0.140. The molecule has 2 saturated heterocycles. The van der Waals surface area contributed by atoms with E-state index in [1.54, 1.807) is 0 Å². The number of halogens is 1. The van der Waals surface area contributed by atoms with Crippen molar-refractivity contribution in [1.29, 1.82) is 0 Å². The Morgan fingerprint density at radius 3 is 2.57 bits per heavy atom. The molecule has 0 aromatic rings. The normalized spacial score (nSPS) is 29.2. The zero-order chi connectivity index (χ0) is 15.8. The van der Waals surface area contributed by atoms with Gasteiger partial charge in [-0.1, -0.05) is 13.8 Å². The molecule has 6 heteroatoms. The summed E-state index contributed by atoms with van der Waals surface area (Å²) in [5.41, 5.74) is 0. The van der Waals surface area contributed by atoms with Crippen LogP contribution in [0.5, 0.6) is 0 Å². The largest absolute Gasteiger partial charge is 0.356 e. The lowest BCUT2D eigenvalue weighted by Gasteiger charge is -2.35. The zero-order valence-electron chi connectivity index (χ0n) is 15.0. The molecule has 0 aromatic carbocycles. The number of piperidine rings is 1. The predicted molar refractivity (Wildman–Crippen MR) is 114 cm³/mol. The summed E-state index contributed by atoms with van der Waals surface area (Å²) >= 11 is 2.09. The highest BCUT2D eigenvalue weighted by atomic mass is 127. The molecule has 23 heavy (non-hydrogen) atoms. The van der Waals surface area contributed by atoms with E-state index in [-0.39, 0.29) is 24.0 Å². The van der Waals surface area contributed by atoms with E-state index in [0.29, 0.717) is 0 Å². The molecular weight excluding hydrogens is 419 g/mol. The second kappa shape index (κ2) is 11.8. The molecule has 0 spiro atoms. The van der Waals surface area contributed by atoms with Crippen LogP contribution >= 0.6 is 35.7 Å². The molecule has 2 N–H and O–H groups in total. The van der Waals surface area contributed by atoms with E-state index >= 15 is 0 Å². The van der Waals surface area contributed by atoms with E-state index in [1.165, 1.54) is 51.1 Å². The minimum atomic E-state index is 0. The van der Waals surface area contributed by atoms with Gasteiger partial charge in [0.05, 0.1) is 0 Å². The van der Waals surface area contributed by atoms with Gasteiger partial charge < -0.3 is 15.5 Å². The van der Waals surface area contributed by atoms with E-state index < -0.39 is 0 Å². The van der Waals surface area contributed by atoms with E-state index in [9.17, 15) is 0 Å². The Balaban J connectivity index is 0.00000264. The zero-order valence-corrected chi connectivity index (χ0v) is 18.2. The lowest BCUT2D eigenvalue weighted by atomic mass is 9.92. The third-order valence-electron chi connectivity index (χ3n) is 4.63. The first-order chi connectivity index (χ1) is 10.7. The Bertz CT molecular complexity index is 337. The van der Waals surface area contributed by atoms with Gasteiger partial charge in [-0.3, -0.25) is 4.99 Å². The van der Waals surface area contributed by atoms with Crippen LogP contribution in [0.1, 0.15) is 39.5 Å². The van der Waals surface area contributed by atoms with Crippen molar-refractivity contribution < 1.29 is 0 Å². The summed E-state index contributed by atoms with van der Waals surface area (Å²) in [4.78, 5) is 6.96. The standard InChI is InChI=1S/C17H34N4S.HI/c1-14-10-15(2)13-21(12-14)8-5-7-19-17(18-3)20-11-16-6-4-9-22-16;/h14-16H,4-13H2,1-3H3,(H2,18,19,20);1H. The number of nitrogens with one attached hydrogen (secondary N) is 2. The van der Waals surface area contributed by atoms with Crippen molar-refractivity contribution in [2.75, 3.05) is 45.5 Å². The summed E-state index contributed by atoms with van der Waals surface area (Å²) in [6.45, 7) is 10.6. The van der Waals surface area contributed by atoms with E-state index in [0.717, 1.165) is 36.1 Å². The van der Waals surface area contributed by atoms with Crippen LogP contribution in [0.25, 0.3) is 0 Å². The number of likely N-dealkylation sites (tertiary alicyclic amines) is 1. The maximum atomic E-state index is 4.33. The van der Waals surface area contributed by atoms with Gasteiger partial charge in [-0.15, -0.1) is 24.0 Å². The van der Waals surface area contributed by atoms with Gasteiger partial charge in [-0.25, -0.2) is 0 Å². The SMILES string of the molecule is CN=C(NCCCN1CC(C)CC(C)C1)NCC1CCCS1.I. The fraction of sp³-hybridized carbons (Fsp3) is 0.941. The van der Waals surface area contributed by atoms with Gasteiger partial charge in [-0.2, -0.15) is 11.8 Å². The maximum absolute atomic E-state index is 4.33. The number of hydrogen-bond acceptors (Lipinski definition) is 3. The van der Waals surface area contributed by atoms with Gasteiger partial charge in [0, 0.05) is 38.5 Å². The first-order valence-corrected chi connectivity index (χ1v) is 10.0. The lowest BCUT2D eigenvalue weighted by Crippen LogP contribution is -2.42. The molecule has 4 nitrogen and oxygen atoms in total. The molecule has 2 rings (SSSR count). The van der Waals surface area contributed by atoms with Gasteiger partial charge in [-0.05, 0) is 49.8 Å². The number of thioether (sulfide) groups is 1. The molecular formula is C17H35IN4S. The fourth-order valence-electron chi connectivity index (χ4n) is 3.72. The molecule has 2 heterocycles. The molecule has 0 amide bonds. The Hall–Kier alpha value is 0.310. The molecule has 3 atom stereocenters. The Morgan fingerprint density at radius 2 is 1.96 bits per heavy atom. The Labute approximate surface area is 164 Å². The maximum Gasteiger partial charge on any atom is 0.191 e. The van der Waals surface area contributed by atoms with Crippen LogP contribution in [-0.2, 0) is 0 Å². The van der Waals surface area contributed by atoms with E-state index in [4.69, 9.17) is 0 Å². The summed E-state index contributed by atoms with van der Waals surface area (Å²) in [5, 5.41) is 7.70. The first kappa shape index (κ1) is 21.4. The molecule has 2 aliphatic rings.